The summed E-state index contributed by atoms with van der Waals surface area (Å²) in [4.78, 5) is 15.2. The number of ether oxygens (including phenoxy) is 1. The van der Waals surface area contributed by atoms with Gasteiger partial charge in [-0.15, -0.1) is 23.7 Å². The summed E-state index contributed by atoms with van der Waals surface area (Å²) in [6.45, 7) is 0.393. The van der Waals surface area contributed by atoms with Gasteiger partial charge in [-0.2, -0.15) is 0 Å². The Balaban J connectivity index is 0.00000210. The fourth-order valence-electron chi connectivity index (χ4n) is 3.35. The number of nitrogens with one attached hydrogen (secondary N) is 1. The third kappa shape index (κ3) is 3.20. The standard InChI is InChI=1S/C20H17FN2O2S.ClH/c1-25-16-5-4-15-18(13-7-9-26-19(13)20(24)23-15)17(16)12-3-2-11(6-8-22)14(21)10-12;/h2-5,7,9-10H,6,8,22H2,1H3,(H,23,24);1H. The first-order chi connectivity index (χ1) is 12.6. The number of benzene rings is 2. The van der Waals surface area contributed by atoms with E-state index in [-0.39, 0.29) is 23.8 Å². The number of methoxy groups -OCH3 is 1. The molecule has 140 valence electrons. The second-order valence-electron chi connectivity index (χ2n) is 6.03. The van der Waals surface area contributed by atoms with E-state index in [1.54, 1.807) is 19.2 Å². The Labute approximate surface area is 165 Å². The van der Waals surface area contributed by atoms with Gasteiger partial charge in [0.1, 0.15) is 16.3 Å². The van der Waals surface area contributed by atoms with Gasteiger partial charge < -0.3 is 15.5 Å². The maximum atomic E-state index is 14.5. The van der Waals surface area contributed by atoms with Gasteiger partial charge in [-0.3, -0.25) is 4.79 Å². The van der Waals surface area contributed by atoms with Gasteiger partial charge in [0.15, 0.2) is 0 Å². The molecule has 0 spiro atoms. The van der Waals surface area contributed by atoms with Crippen molar-refractivity contribution >= 4 is 44.7 Å². The summed E-state index contributed by atoms with van der Waals surface area (Å²) in [6.07, 6.45) is 0.487. The molecule has 0 aliphatic heterocycles. The van der Waals surface area contributed by atoms with Crippen molar-refractivity contribution < 1.29 is 9.13 Å². The van der Waals surface area contributed by atoms with E-state index in [1.165, 1.54) is 17.4 Å². The third-order valence-corrected chi connectivity index (χ3v) is 5.44. The summed E-state index contributed by atoms with van der Waals surface area (Å²) >= 11 is 1.39. The highest BCUT2D eigenvalue weighted by atomic mass is 35.5. The molecule has 2 aromatic carbocycles. The summed E-state index contributed by atoms with van der Waals surface area (Å²) in [5.41, 5.74) is 8.17. The molecule has 7 heteroatoms. The highest BCUT2D eigenvalue weighted by molar-refractivity contribution is 7.17. The van der Waals surface area contributed by atoms with Crippen molar-refractivity contribution in [3.63, 3.8) is 0 Å². The molecule has 0 saturated carbocycles. The van der Waals surface area contributed by atoms with Gasteiger partial charge in [0, 0.05) is 21.9 Å². The molecular weight excluding hydrogens is 387 g/mol. The van der Waals surface area contributed by atoms with E-state index in [0.29, 0.717) is 40.1 Å². The molecule has 3 N–H and O–H groups in total. The number of pyridine rings is 1. The van der Waals surface area contributed by atoms with Gasteiger partial charge in [-0.25, -0.2) is 4.39 Å². The first kappa shape index (κ1) is 19.4. The lowest BCUT2D eigenvalue weighted by Crippen LogP contribution is -2.06. The average Bonchev–Trinajstić information content (AvgIpc) is 3.13. The third-order valence-electron chi connectivity index (χ3n) is 4.53. The first-order valence-corrected chi connectivity index (χ1v) is 9.11. The Morgan fingerprint density at radius 1 is 1.22 bits per heavy atom. The van der Waals surface area contributed by atoms with Crippen molar-refractivity contribution in [3.8, 4) is 16.9 Å². The molecule has 0 fully saturated rings. The predicted octanol–water partition coefficient (Wildman–Crippen LogP) is 4.48. The van der Waals surface area contributed by atoms with Crippen molar-refractivity contribution in [1.29, 1.82) is 0 Å². The van der Waals surface area contributed by atoms with E-state index < -0.39 is 0 Å². The fraction of sp³-hybridized carbons (Fsp3) is 0.150. The van der Waals surface area contributed by atoms with Crippen LogP contribution in [0.25, 0.3) is 32.1 Å². The minimum absolute atomic E-state index is 0. The minimum atomic E-state index is -0.294. The molecule has 2 heterocycles. The average molecular weight is 405 g/mol. The van der Waals surface area contributed by atoms with Crippen molar-refractivity contribution in [2.75, 3.05) is 13.7 Å². The van der Waals surface area contributed by atoms with Crippen LogP contribution in [0.2, 0.25) is 0 Å². The van der Waals surface area contributed by atoms with Crippen LogP contribution in [0.3, 0.4) is 0 Å². The van der Waals surface area contributed by atoms with E-state index in [2.05, 4.69) is 4.98 Å². The van der Waals surface area contributed by atoms with Gasteiger partial charge >= 0.3 is 0 Å². The number of rotatable bonds is 4. The quantitative estimate of drug-likeness (QED) is 0.527. The van der Waals surface area contributed by atoms with E-state index in [4.69, 9.17) is 10.5 Å². The van der Waals surface area contributed by atoms with Crippen LogP contribution in [-0.4, -0.2) is 18.6 Å². The summed E-state index contributed by atoms with van der Waals surface area (Å²) in [6, 6.07) is 10.7. The van der Waals surface area contributed by atoms with Crippen LogP contribution in [0.4, 0.5) is 4.39 Å². The second-order valence-corrected chi connectivity index (χ2v) is 6.94. The number of aromatic amines is 1. The number of thiophene rings is 1. The number of nitrogens with two attached hydrogens (primary N) is 1. The van der Waals surface area contributed by atoms with Gasteiger partial charge in [-0.1, -0.05) is 12.1 Å². The zero-order valence-electron chi connectivity index (χ0n) is 14.5. The molecule has 0 bridgehead atoms. The van der Waals surface area contributed by atoms with Crippen molar-refractivity contribution in [2.45, 2.75) is 6.42 Å². The molecule has 4 nitrogen and oxygen atoms in total. The molecule has 0 atom stereocenters. The van der Waals surface area contributed by atoms with Crippen LogP contribution >= 0.6 is 23.7 Å². The molecule has 0 radical (unpaired) electrons. The van der Waals surface area contributed by atoms with Crippen molar-refractivity contribution in [2.24, 2.45) is 5.73 Å². The molecule has 0 aliphatic carbocycles. The van der Waals surface area contributed by atoms with Gasteiger partial charge in [0.25, 0.3) is 5.56 Å². The molecule has 2 aromatic heterocycles. The number of aromatic nitrogens is 1. The van der Waals surface area contributed by atoms with Crippen LogP contribution in [0.15, 0.2) is 46.6 Å². The molecule has 0 aliphatic rings. The van der Waals surface area contributed by atoms with Crippen LogP contribution in [0.1, 0.15) is 5.56 Å². The lowest BCUT2D eigenvalue weighted by Gasteiger charge is -2.14. The lowest BCUT2D eigenvalue weighted by atomic mass is 9.96. The molecular formula is C20H18ClFN2O2S. The molecule has 4 aromatic rings. The van der Waals surface area contributed by atoms with Gasteiger partial charge in [0.05, 0.1) is 7.11 Å². The Hall–Kier alpha value is -2.41. The molecule has 0 amide bonds. The normalized spacial score (nSPS) is 10.9. The zero-order chi connectivity index (χ0) is 18.3. The summed E-state index contributed by atoms with van der Waals surface area (Å²) in [5.74, 6) is 0.334. The predicted molar refractivity (Wildman–Crippen MR) is 112 cm³/mol. The summed E-state index contributed by atoms with van der Waals surface area (Å²) in [5, 5.41) is 3.58. The largest absolute Gasteiger partial charge is 0.496 e. The maximum Gasteiger partial charge on any atom is 0.266 e. The number of fused-ring (bicyclic) bond motifs is 3. The monoisotopic (exact) mass is 404 g/mol. The van der Waals surface area contributed by atoms with Crippen LogP contribution in [0, 0.1) is 5.82 Å². The van der Waals surface area contributed by atoms with Crippen LogP contribution in [-0.2, 0) is 6.42 Å². The Morgan fingerprint density at radius 3 is 2.74 bits per heavy atom. The van der Waals surface area contributed by atoms with E-state index in [9.17, 15) is 9.18 Å². The number of H-pyrrole nitrogens is 1. The van der Waals surface area contributed by atoms with E-state index in [0.717, 1.165) is 16.3 Å². The zero-order valence-corrected chi connectivity index (χ0v) is 16.2. The van der Waals surface area contributed by atoms with Gasteiger partial charge in [0.2, 0.25) is 0 Å². The van der Waals surface area contributed by atoms with E-state index >= 15 is 0 Å². The van der Waals surface area contributed by atoms with Crippen molar-refractivity contribution in [3.05, 3.63) is 63.5 Å². The second kappa shape index (κ2) is 7.68. The number of halogens is 2. The minimum Gasteiger partial charge on any atom is -0.496 e. The molecule has 0 saturated heterocycles. The topological polar surface area (TPSA) is 68.1 Å². The first-order valence-electron chi connectivity index (χ1n) is 8.23. The molecule has 4 rings (SSSR count). The van der Waals surface area contributed by atoms with Crippen LogP contribution < -0.4 is 16.0 Å². The highest BCUT2D eigenvalue weighted by Gasteiger charge is 2.17. The Bertz CT molecular complexity index is 1190. The van der Waals surface area contributed by atoms with Crippen molar-refractivity contribution in [1.82, 2.24) is 4.98 Å². The molecule has 27 heavy (non-hydrogen) atoms. The van der Waals surface area contributed by atoms with Crippen LogP contribution in [0.5, 0.6) is 5.75 Å². The lowest BCUT2D eigenvalue weighted by molar-refractivity contribution is 0.417. The van der Waals surface area contributed by atoms with E-state index in [1.807, 2.05) is 23.6 Å². The summed E-state index contributed by atoms with van der Waals surface area (Å²) < 4.78 is 20.7. The smallest absolute Gasteiger partial charge is 0.266 e. The number of hydrogen-bond acceptors (Lipinski definition) is 4. The maximum absolute atomic E-state index is 14.5. The summed E-state index contributed by atoms with van der Waals surface area (Å²) in [7, 11) is 1.58. The fourth-order valence-corrected chi connectivity index (χ4v) is 4.14. The molecule has 0 unspecified atom stereocenters. The SMILES string of the molecule is COc1ccc2[nH]c(=O)c3sccc3c2c1-c1ccc(CCN)c(F)c1.Cl. The highest BCUT2D eigenvalue weighted by Crippen LogP contribution is 2.40. The number of hydrogen-bond donors (Lipinski definition) is 2. The Kier molecular flexibility index (Phi) is 5.51. The van der Waals surface area contributed by atoms with Gasteiger partial charge in [-0.05, 0) is 53.7 Å². The Morgan fingerprint density at radius 2 is 2.04 bits per heavy atom.